The van der Waals surface area contributed by atoms with E-state index in [2.05, 4.69) is 77.8 Å². The number of nitrogens with zero attached hydrogens (tertiary/aromatic N) is 4. The number of benzene rings is 4. The maximum atomic E-state index is 12.1. The number of aromatic nitrogens is 4. The third-order valence-corrected chi connectivity index (χ3v) is 7.66. The topological polar surface area (TPSA) is 60.8 Å². The Morgan fingerprint density at radius 3 is 1.64 bits per heavy atom. The Bertz CT molecular complexity index is 1820. The highest BCUT2D eigenvalue weighted by Crippen LogP contribution is 2.23. The van der Waals surface area contributed by atoms with Crippen LogP contribution in [0.15, 0.2) is 122 Å². The molecule has 2 heterocycles. The zero-order valence-electron chi connectivity index (χ0n) is 22.8. The van der Waals surface area contributed by atoms with Crippen molar-refractivity contribution in [2.75, 3.05) is 0 Å². The van der Waals surface area contributed by atoms with Gasteiger partial charge in [-0.2, -0.15) is 0 Å². The van der Waals surface area contributed by atoms with Gasteiger partial charge in [-0.15, -0.1) is 0 Å². The molecule has 0 spiro atoms. The summed E-state index contributed by atoms with van der Waals surface area (Å²) in [5.41, 5.74) is 7.77. The number of aldehydes is 2. The summed E-state index contributed by atoms with van der Waals surface area (Å²) in [5.74, 6) is 1.04. The van der Waals surface area contributed by atoms with Crippen molar-refractivity contribution in [3.63, 3.8) is 0 Å². The maximum absolute atomic E-state index is 12.1. The summed E-state index contributed by atoms with van der Waals surface area (Å²) < 4.78 is 5.78. The second-order valence-electron chi connectivity index (χ2n) is 10.2. The van der Waals surface area contributed by atoms with Crippen LogP contribution < -0.4 is 4.57 Å². The zero-order chi connectivity index (χ0) is 28.9. The van der Waals surface area contributed by atoms with Gasteiger partial charge in [0.25, 0.3) is 0 Å². The van der Waals surface area contributed by atoms with Gasteiger partial charge in [-0.1, -0.05) is 96.5 Å². The van der Waals surface area contributed by atoms with Crippen LogP contribution in [-0.2, 0) is 19.6 Å². The molecule has 0 amide bonds. The lowest BCUT2D eigenvalue weighted by Crippen LogP contribution is -2.37. The minimum atomic E-state index is 0.421. The van der Waals surface area contributed by atoms with Crippen molar-refractivity contribution in [3.8, 4) is 22.3 Å². The quantitative estimate of drug-likeness (QED) is 0.135. The molecule has 42 heavy (non-hydrogen) atoms. The molecular weight excluding hydrogens is 544 g/mol. The highest BCUT2D eigenvalue weighted by molar-refractivity contribution is 6.30. The van der Waals surface area contributed by atoms with Crippen LogP contribution in [0, 0.1) is 0 Å². The number of rotatable bonds is 10. The average Bonchev–Trinajstić information content (AvgIpc) is 3.64. The first-order chi connectivity index (χ1) is 20.6. The molecule has 0 aliphatic carbocycles. The molecule has 0 saturated carbocycles. The van der Waals surface area contributed by atoms with Gasteiger partial charge in [0, 0.05) is 24.0 Å². The first kappa shape index (κ1) is 27.1. The molecule has 0 aliphatic heterocycles. The number of hydrogen-bond acceptors (Lipinski definition) is 3. The molecule has 0 radical (unpaired) electrons. The minimum Gasteiger partial charge on any atom is -0.324 e. The van der Waals surface area contributed by atoms with Gasteiger partial charge in [0.15, 0.2) is 12.1 Å². The Kier molecular flexibility index (Phi) is 7.88. The Morgan fingerprint density at radius 1 is 0.619 bits per heavy atom. The van der Waals surface area contributed by atoms with E-state index < -0.39 is 0 Å². The average molecular weight is 572 g/mol. The van der Waals surface area contributed by atoms with Crippen molar-refractivity contribution in [1.29, 1.82) is 0 Å². The van der Waals surface area contributed by atoms with Gasteiger partial charge in [0.2, 0.25) is 6.29 Å². The van der Waals surface area contributed by atoms with Crippen molar-refractivity contribution in [1.82, 2.24) is 14.1 Å². The summed E-state index contributed by atoms with van der Waals surface area (Å²) in [4.78, 5) is 27.3. The van der Waals surface area contributed by atoms with Gasteiger partial charge in [-0.3, -0.25) is 9.59 Å². The Balaban J connectivity index is 1.11. The van der Waals surface area contributed by atoms with Gasteiger partial charge >= 0.3 is 5.82 Å². The van der Waals surface area contributed by atoms with E-state index in [1.165, 1.54) is 0 Å². The third kappa shape index (κ3) is 5.99. The van der Waals surface area contributed by atoms with Gasteiger partial charge < -0.3 is 4.57 Å². The van der Waals surface area contributed by atoms with E-state index in [1.54, 1.807) is 12.4 Å². The van der Waals surface area contributed by atoms with Crippen molar-refractivity contribution in [2.24, 2.45) is 0 Å². The van der Waals surface area contributed by atoms with Crippen molar-refractivity contribution in [2.45, 2.75) is 19.6 Å². The lowest BCUT2D eigenvalue weighted by Gasteiger charge is -2.08. The molecular formula is C35H28ClN4O2+. The van der Waals surface area contributed by atoms with Gasteiger partial charge in [-0.05, 0) is 51.1 Å². The van der Waals surface area contributed by atoms with Crippen LogP contribution in [-0.4, -0.2) is 26.7 Å². The second-order valence-corrected chi connectivity index (χ2v) is 10.6. The van der Waals surface area contributed by atoms with E-state index in [0.717, 1.165) is 56.5 Å². The summed E-state index contributed by atoms with van der Waals surface area (Å²) in [6.45, 7) is 1.80. The largest absolute Gasteiger partial charge is 0.324 e. The minimum absolute atomic E-state index is 0.421. The monoisotopic (exact) mass is 571 g/mol. The molecule has 0 N–H and O–H groups in total. The summed E-state index contributed by atoms with van der Waals surface area (Å²) in [6, 6.07) is 32.9. The molecule has 6 nitrogen and oxygen atoms in total. The molecule has 0 fully saturated rings. The molecule has 0 unspecified atom stereocenters. The summed E-state index contributed by atoms with van der Waals surface area (Å²) in [7, 11) is 0. The van der Waals surface area contributed by atoms with E-state index >= 15 is 0 Å². The van der Waals surface area contributed by atoms with Crippen LogP contribution >= 0.6 is 11.6 Å². The van der Waals surface area contributed by atoms with Crippen molar-refractivity contribution < 1.29 is 14.2 Å². The van der Waals surface area contributed by atoms with Crippen LogP contribution in [0.3, 0.4) is 0 Å². The molecule has 0 aliphatic rings. The predicted octanol–water partition coefficient (Wildman–Crippen LogP) is 6.73. The standard InChI is InChI=1S/C35H28ClN4O2/c36-33-15-13-32(14-16-33)31-11-5-28(6-12-31)23-40-20-19-39(35(40)25-42)22-27-3-9-30(10-4-27)29-7-1-26(2-8-29)21-38-18-17-37-34(38)24-41/h1-20,24-25H,21-23H2/q+1. The molecule has 4 aromatic carbocycles. The van der Waals surface area contributed by atoms with E-state index in [-0.39, 0.29) is 0 Å². The Hall–Kier alpha value is -5.07. The number of halogens is 1. The number of imidazole rings is 2. The van der Waals surface area contributed by atoms with Gasteiger partial charge in [0.1, 0.15) is 25.5 Å². The van der Waals surface area contributed by atoms with Crippen molar-refractivity contribution >= 4 is 24.2 Å². The normalized spacial score (nSPS) is 11.0. The molecule has 0 saturated heterocycles. The molecule has 7 heteroatoms. The number of carbonyl (C=O) groups is 2. The van der Waals surface area contributed by atoms with Crippen molar-refractivity contribution in [3.05, 3.63) is 155 Å². The molecule has 206 valence electrons. The number of carbonyl (C=O) groups excluding carboxylic acids is 2. The molecule has 6 rings (SSSR count). The van der Waals surface area contributed by atoms with Crippen LogP contribution in [0.1, 0.15) is 37.9 Å². The molecule has 6 aromatic rings. The number of hydrogen-bond donors (Lipinski definition) is 0. The molecule has 2 aromatic heterocycles. The highest BCUT2D eigenvalue weighted by Gasteiger charge is 2.17. The van der Waals surface area contributed by atoms with Crippen LogP contribution in [0.25, 0.3) is 22.3 Å². The fourth-order valence-corrected chi connectivity index (χ4v) is 5.22. The maximum Gasteiger partial charge on any atom is 0.322 e. The molecule has 0 bridgehead atoms. The van der Waals surface area contributed by atoms with Crippen LogP contribution in [0.2, 0.25) is 5.02 Å². The lowest BCUT2D eigenvalue weighted by atomic mass is 10.0. The fourth-order valence-electron chi connectivity index (χ4n) is 5.09. The van der Waals surface area contributed by atoms with E-state index in [9.17, 15) is 9.59 Å². The summed E-state index contributed by atoms with van der Waals surface area (Å²) >= 11 is 6.02. The van der Waals surface area contributed by atoms with E-state index in [4.69, 9.17) is 11.6 Å². The Labute approximate surface area is 249 Å². The smallest absolute Gasteiger partial charge is 0.322 e. The van der Waals surface area contributed by atoms with Crippen LogP contribution in [0.4, 0.5) is 0 Å². The predicted molar refractivity (Wildman–Crippen MR) is 164 cm³/mol. The van der Waals surface area contributed by atoms with Crippen LogP contribution in [0.5, 0.6) is 0 Å². The zero-order valence-corrected chi connectivity index (χ0v) is 23.6. The Morgan fingerprint density at radius 2 is 1.12 bits per heavy atom. The second kappa shape index (κ2) is 12.2. The fraction of sp³-hybridized carbons (Fsp3) is 0.0857. The first-order valence-corrected chi connectivity index (χ1v) is 14.0. The van der Waals surface area contributed by atoms with E-state index in [1.807, 2.05) is 50.4 Å². The third-order valence-electron chi connectivity index (χ3n) is 7.41. The lowest BCUT2D eigenvalue weighted by molar-refractivity contribution is -0.689. The van der Waals surface area contributed by atoms with Gasteiger partial charge in [0.05, 0.1) is 0 Å². The highest BCUT2D eigenvalue weighted by atomic mass is 35.5. The van der Waals surface area contributed by atoms with Gasteiger partial charge in [-0.25, -0.2) is 14.1 Å². The first-order valence-electron chi connectivity index (χ1n) is 13.6. The SMILES string of the molecule is O=Cc1nccn1Cc1ccc(-c2ccc(Cn3cc[n+](Cc4ccc(-c5ccc(Cl)cc5)cc4)c3C=O)cc2)cc1. The summed E-state index contributed by atoms with van der Waals surface area (Å²) in [6.07, 6.45) is 9.03. The summed E-state index contributed by atoms with van der Waals surface area (Å²) in [5, 5.41) is 0.720. The molecule has 0 atom stereocenters. The van der Waals surface area contributed by atoms with E-state index in [0.29, 0.717) is 31.3 Å².